The highest BCUT2D eigenvalue weighted by Gasteiger charge is 2.21. The van der Waals surface area contributed by atoms with Gasteiger partial charge in [0.15, 0.2) is 5.82 Å². The fourth-order valence-electron chi connectivity index (χ4n) is 9.45. The molecular formula is C64H45N3O. The Morgan fingerprint density at radius 3 is 1.25 bits per heavy atom. The van der Waals surface area contributed by atoms with Crippen LogP contribution in [0.3, 0.4) is 0 Å². The molecule has 0 bridgehead atoms. The number of nitrogens with zero attached hydrogens (tertiary/aromatic N) is 3. The lowest BCUT2D eigenvalue weighted by Crippen LogP contribution is -2.09. The Hall–Kier alpha value is -8.86. The second-order valence-corrected chi connectivity index (χ2v) is 17.3. The maximum Gasteiger partial charge on any atom is 0.160 e. The van der Waals surface area contributed by atoms with Crippen LogP contribution in [0.5, 0.6) is 0 Å². The summed E-state index contributed by atoms with van der Waals surface area (Å²) < 4.78 is 6.49. The maximum absolute atomic E-state index is 6.49. The molecule has 0 unspecified atom stereocenters. The molecule has 4 heteroatoms. The van der Waals surface area contributed by atoms with Crippen molar-refractivity contribution >= 4 is 39.7 Å². The van der Waals surface area contributed by atoms with Gasteiger partial charge in [-0.2, -0.15) is 0 Å². The zero-order valence-electron chi connectivity index (χ0n) is 37.3. The summed E-state index contributed by atoms with van der Waals surface area (Å²) >= 11 is 0. The number of hydrogen-bond acceptors (Lipinski definition) is 4. The molecule has 0 amide bonds. The normalized spacial score (nSPS) is 12.1. The van der Waals surface area contributed by atoms with E-state index in [1.165, 1.54) is 39.0 Å². The molecule has 2 heterocycles. The van der Waals surface area contributed by atoms with E-state index < -0.39 is 0 Å². The van der Waals surface area contributed by atoms with Crippen molar-refractivity contribution in [2.45, 2.75) is 12.8 Å². The average Bonchev–Trinajstić information content (AvgIpc) is 3.80. The number of furan rings is 1. The molecule has 12 rings (SSSR count). The highest BCUT2D eigenvalue weighted by Crippen LogP contribution is 2.41. The maximum atomic E-state index is 6.49. The zero-order valence-corrected chi connectivity index (χ0v) is 37.3. The third-order valence-electron chi connectivity index (χ3n) is 13.0. The van der Waals surface area contributed by atoms with E-state index in [4.69, 9.17) is 14.4 Å². The number of fused-ring (bicyclic) bond motifs is 3. The van der Waals surface area contributed by atoms with E-state index in [0.717, 1.165) is 85.8 Å². The number of anilines is 3. The lowest BCUT2D eigenvalue weighted by molar-refractivity contribution is 0.548. The van der Waals surface area contributed by atoms with Crippen molar-refractivity contribution in [2.75, 3.05) is 4.90 Å². The van der Waals surface area contributed by atoms with E-state index in [1.807, 2.05) is 36.4 Å². The molecule has 4 nitrogen and oxygen atoms in total. The van der Waals surface area contributed by atoms with Gasteiger partial charge in [0.1, 0.15) is 11.3 Å². The Kier molecular flexibility index (Phi) is 10.7. The van der Waals surface area contributed by atoms with E-state index in [-0.39, 0.29) is 0 Å². The van der Waals surface area contributed by atoms with Gasteiger partial charge >= 0.3 is 0 Å². The third kappa shape index (κ3) is 8.10. The van der Waals surface area contributed by atoms with Crippen molar-refractivity contribution in [3.8, 4) is 67.3 Å². The highest BCUT2D eigenvalue weighted by atomic mass is 16.3. The first-order chi connectivity index (χ1) is 33.7. The standard InChI is InChI=1S/C64H45N3O/c1-5-13-44(14-6-1)46-25-33-55(34-26-46)67(56-35-27-47(28-36-56)45-15-7-2-8-16-45)57-37-29-49(30-38-57)54-32-40-63-59(42-54)58-41-53(31-39-62(58)68-63)48-21-23-51(24-22-48)61-43-60(50-17-9-3-10-18-50)65-64(66-61)52-19-11-4-12-20-52/h1-30,32-38,40-43H,31,39H2. The first kappa shape index (κ1) is 40.6. The Morgan fingerprint density at radius 1 is 0.338 bits per heavy atom. The summed E-state index contributed by atoms with van der Waals surface area (Å²) in [6.07, 6.45) is 4.09. The number of hydrogen-bond donors (Lipinski definition) is 0. The molecule has 322 valence electrons. The monoisotopic (exact) mass is 871 g/mol. The predicted molar refractivity (Wildman–Crippen MR) is 282 cm³/mol. The number of rotatable bonds is 10. The summed E-state index contributed by atoms with van der Waals surface area (Å²) in [6, 6.07) is 85.8. The minimum atomic E-state index is 0.715. The molecule has 0 saturated heterocycles. The van der Waals surface area contributed by atoms with Crippen LogP contribution in [0.4, 0.5) is 17.1 Å². The van der Waals surface area contributed by atoms with Crippen molar-refractivity contribution in [2.24, 2.45) is 0 Å². The summed E-state index contributed by atoms with van der Waals surface area (Å²) in [5, 5.41) is 1.14. The van der Waals surface area contributed by atoms with Gasteiger partial charge in [0.2, 0.25) is 0 Å². The molecule has 0 N–H and O–H groups in total. The van der Waals surface area contributed by atoms with Crippen molar-refractivity contribution in [3.05, 3.63) is 260 Å². The molecule has 1 aliphatic carbocycles. The molecule has 11 aromatic rings. The van der Waals surface area contributed by atoms with Crippen LogP contribution in [0.1, 0.15) is 23.3 Å². The van der Waals surface area contributed by atoms with E-state index >= 15 is 0 Å². The van der Waals surface area contributed by atoms with Gasteiger partial charge in [-0.1, -0.05) is 188 Å². The van der Waals surface area contributed by atoms with Crippen LogP contribution in [0.15, 0.2) is 247 Å². The number of aryl methyl sites for hydroxylation is 1. The van der Waals surface area contributed by atoms with Crippen molar-refractivity contribution < 1.29 is 4.42 Å². The molecule has 0 radical (unpaired) electrons. The molecule has 0 fully saturated rings. The van der Waals surface area contributed by atoms with E-state index in [1.54, 1.807) is 0 Å². The molecular weight excluding hydrogens is 827 g/mol. The molecule has 68 heavy (non-hydrogen) atoms. The third-order valence-corrected chi connectivity index (χ3v) is 13.0. The summed E-state index contributed by atoms with van der Waals surface area (Å²) in [4.78, 5) is 12.4. The Morgan fingerprint density at radius 2 is 0.735 bits per heavy atom. The zero-order chi connectivity index (χ0) is 45.2. The predicted octanol–water partition coefficient (Wildman–Crippen LogP) is 17.2. The van der Waals surface area contributed by atoms with Crippen LogP contribution < -0.4 is 4.90 Å². The van der Waals surface area contributed by atoms with Crippen molar-refractivity contribution in [1.82, 2.24) is 9.97 Å². The summed E-state index contributed by atoms with van der Waals surface area (Å²) in [5.74, 6) is 1.76. The largest absolute Gasteiger partial charge is 0.460 e. The van der Waals surface area contributed by atoms with Crippen LogP contribution in [-0.4, -0.2) is 9.97 Å². The first-order valence-electron chi connectivity index (χ1n) is 23.3. The molecule has 0 saturated carbocycles. The number of allylic oxidation sites excluding steroid dienone is 1. The van der Waals surface area contributed by atoms with E-state index in [0.29, 0.717) is 5.82 Å². The van der Waals surface area contributed by atoms with Crippen LogP contribution >= 0.6 is 0 Å². The smallest absolute Gasteiger partial charge is 0.160 e. The van der Waals surface area contributed by atoms with Crippen molar-refractivity contribution in [1.29, 1.82) is 0 Å². The Labute approximate surface area is 396 Å². The Balaban J connectivity index is 0.839. The lowest BCUT2D eigenvalue weighted by Gasteiger charge is -2.26. The van der Waals surface area contributed by atoms with Crippen LogP contribution in [0, 0.1) is 0 Å². The number of benzene rings is 9. The fraction of sp³-hybridized carbons (Fsp3) is 0.0312. The van der Waals surface area contributed by atoms with Gasteiger partial charge in [0, 0.05) is 51.1 Å². The molecule has 0 aliphatic heterocycles. The quantitative estimate of drug-likeness (QED) is 0.137. The molecule has 2 aromatic heterocycles. The van der Waals surface area contributed by atoms with Gasteiger partial charge < -0.3 is 9.32 Å². The fourth-order valence-corrected chi connectivity index (χ4v) is 9.45. The molecule has 9 aromatic carbocycles. The highest BCUT2D eigenvalue weighted by molar-refractivity contribution is 5.98. The first-order valence-corrected chi connectivity index (χ1v) is 23.3. The summed E-state index contributed by atoms with van der Waals surface area (Å²) in [7, 11) is 0. The van der Waals surface area contributed by atoms with Crippen LogP contribution in [0.25, 0.3) is 89.9 Å². The number of aromatic nitrogens is 2. The second-order valence-electron chi connectivity index (χ2n) is 17.3. The molecule has 0 spiro atoms. The van der Waals surface area contributed by atoms with Gasteiger partial charge in [-0.15, -0.1) is 0 Å². The second kappa shape index (κ2) is 17.8. The van der Waals surface area contributed by atoms with Gasteiger partial charge in [0.05, 0.1) is 11.4 Å². The Bertz CT molecular complexity index is 3410. The lowest BCUT2D eigenvalue weighted by atomic mass is 9.90. The van der Waals surface area contributed by atoms with Crippen molar-refractivity contribution in [3.63, 3.8) is 0 Å². The van der Waals surface area contributed by atoms with E-state index in [2.05, 4.69) is 217 Å². The SMILES string of the molecule is C1=C(c2ccc(-c3cc(-c4ccccc4)nc(-c4ccccc4)n3)cc2)CCc2oc3ccc(-c4ccc(N(c5ccc(-c6ccccc6)cc5)c5ccc(-c6ccccc6)cc5)cc4)cc3c21. The molecule has 1 aliphatic rings. The van der Waals surface area contributed by atoms with Crippen LogP contribution in [0.2, 0.25) is 0 Å². The van der Waals surface area contributed by atoms with Gasteiger partial charge in [-0.3, -0.25) is 0 Å². The topological polar surface area (TPSA) is 42.2 Å². The average molecular weight is 872 g/mol. The minimum absolute atomic E-state index is 0.715. The minimum Gasteiger partial charge on any atom is -0.460 e. The van der Waals surface area contributed by atoms with E-state index in [9.17, 15) is 0 Å². The molecule has 0 atom stereocenters. The van der Waals surface area contributed by atoms with Crippen LogP contribution in [-0.2, 0) is 6.42 Å². The summed E-state index contributed by atoms with van der Waals surface area (Å²) in [5.41, 5.74) is 19.9. The van der Waals surface area contributed by atoms with Gasteiger partial charge in [-0.05, 0) is 112 Å². The van der Waals surface area contributed by atoms with Gasteiger partial charge in [-0.25, -0.2) is 9.97 Å². The van der Waals surface area contributed by atoms with Gasteiger partial charge in [0.25, 0.3) is 0 Å². The summed E-state index contributed by atoms with van der Waals surface area (Å²) in [6.45, 7) is 0.